The lowest BCUT2D eigenvalue weighted by Gasteiger charge is -2.13. The van der Waals surface area contributed by atoms with Gasteiger partial charge in [0.1, 0.15) is 15.6 Å². The van der Waals surface area contributed by atoms with Crippen LogP contribution in [0, 0.1) is 6.92 Å². The van der Waals surface area contributed by atoms with Gasteiger partial charge in [0.2, 0.25) is 0 Å². The maximum Gasteiger partial charge on any atom is 0.191 e. The highest BCUT2D eigenvalue weighted by molar-refractivity contribution is 14.0. The van der Waals surface area contributed by atoms with Crippen LogP contribution < -0.4 is 15.4 Å². The fourth-order valence-electron chi connectivity index (χ4n) is 2.50. The molecule has 0 spiro atoms. The number of nitrogens with zero attached hydrogens (tertiary/aromatic N) is 1. The Morgan fingerprint density at radius 1 is 1.14 bits per heavy atom. The first kappa shape index (κ1) is 27.0. The van der Waals surface area contributed by atoms with Crippen molar-refractivity contribution in [1.29, 1.82) is 0 Å². The minimum Gasteiger partial charge on any atom is -0.493 e. The fourth-order valence-corrected chi connectivity index (χ4v) is 2.97. The molecule has 0 fully saturated rings. The van der Waals surface area contributed by atoms with Crippen molar-refractivity contribution < 1.29 is 13.2 Å². The maximum absolute atomic E-state index is 11.3. The lowest BCUT2D eigenvalue weighted by Crippen LogP contribution is -2.39. The number of aliphatic imine (C=N–C) groups is 1. The maximum atomic E-state index is 11.3. The summed E-state index contributed by atoms with van der Waals surface area (Å²) in [5.41, 5.74) is 2.18. The van der Waals surface area contributed by atoms with Crippen molar-refractivity contribution in [3.05, 3.63) is 29.3 Å². The third kappa shape index (κ3) is 12.4. The molecule has 0 bridgehead atoms. The smallest absolute Gasteiger partial charge is 0.191 e. The van der Waals surface area contributed by atoms with Crippen LogP contribution in [0.25, 0.3) is 0 Å². The van der Waals surface area contributed by atoms with E-state index in [2.05, 4.69) is 34.7 Å². The molecule has 162 valence electrons. The number of sulfone groups is 1. The van der Waals surface area contributed by atoms with Crippen LogP contribution >= 0.6 is 24.0 Å². The van der Waals surface area contributed by atoms with Crippen molar-refractivity contribution in [3.8, 4) is 5.75 Å². The van der Waals surface area contributed by atoms with E-state index in [0.717, 1.165) is 23.3 Å². The average Bonchev–Trinajstić information content (AvgIpc) is 2.59. The second kappa shape index (κ2) is 14.9. The molecule has 2 N–H and O–H groups in total. The molecule has 0 aliphatic carbocycles. The molecule has 6 nitrogen and oxygen atoms in total. The Morgan fingerprint density at radius 3 is 2.54 bits per heavy atom. The first-order chi connectivity index (χ1) is 12.9. The summed E-state index contributed by atoms with van der Waals surface area (Å²) in [4.78, 5) is 4.57. The summed E-state index contributed by atoms with van der Waals surface area (Å²) >= 11 is 0. The zero-order chi connectivity index (χ0) is 20.1. The number of rotatable bonds is 12. The molecule has 0 aliphatic heterocycles. The normalized spacial score (nSPS) is 11.6. The second-order valence-corrected chi connectivity index (χ2v) is 9.03. The van der Waals surface area contributed by atoms with Gasteiger partial charge < -0.3 is 15.4 Å². The van der Waals surface area contributed by atoms with Crippen molar-refractivity contribution in [1.82, 2.24) is 10.6 Å². The summed E-state index contributed by atoms with van der Waals surface area (Å²) in [6.07, 6.45) is 5.92. The SMILES string of the molecule is CCCCCCOc1cc(C)ccc1CN=C(NCC)NCCS(C)(=O)=O.I. The molecule has 1 aromatic carbocycles. The zero-order valence-electron chi connectivity index (χ0n) is 17.6. The molecule has 0 saturated heterocycles. The minimum atomic E-state index is -3.00. The van der Waals surface area contributed by atoms with Gasteiger partial charge in [-0.3, -0.25) is 0 Å². The molecule has 0 atom stereocenters. The van der Waals surface area contributed by atoms with E-state index in [1.165, 1.54) is 25.5 Å². The van der Waals surface area contributed by atoms with Crippen LogP contribution in [0.15, 0.2) is 23.2 Å². The second-order valence-electron chi connectivity index (χ2n) is 6.77. The van der Waals surface area contributed by atoms with Crippen molar-refractivity contribution >= 4 is 39.8 Å². The zero-order valence-corrected chi connectivity index (χ0v) is 20.7. The predicted octanol–water partition coefficient (Wildman–Crippen LogP) is 3.67. The Hall–Kier alpha value is -1.03. The molecule has 0 saturated carbocycles. The molecule has 0 heterocycles. The van der Waals surface area contributed by atoms with E-state index in [1.807, 2.05) is 19.9 Å². The van der Waals surface area contributed by atoms with Crippen LogP contribution in [-0.2, 0) is 16.4 Å². The number of hydrogen-bond acceptors (Lipinski definition) is 4. The van der Waals surface area contributed by atoms with Crippen LogP contribution in [0.3, 0.4) is 0 Å². The standard InChI is InChI=1S/C20H35N3O3S.HI/c1-5-7-8-9-13-26-19-15-17(3)10-11-18(19)16-23-20(21-6-2)22-12-14-27(4,24)25;/h10-11,15H,5-9,12-14,16H2,1-4H3,(H2,21,22,23);1H. The van der Waals surface area contributed by atoms with Gasteiger partial charge in [0, 0.05) is 24.9 Å². The summed E-state index contributed by atoms with van der Waals surface area (Å²) in [5.74, 6) is 1.56. The number of unbranched alkanes of at least 4 members (excludes halogenated alkanes) is 3. The van der Waals surface area contributed by atoms with Crippen molar-refractivity contribution in [3.63, 3.8) is 0 Å². The largest absolute Gasteiger partial charge is 0.493 e. The summed E-state index contributed by atoms with van der Waals surface area (Å²) in [7, 11) is -3.00. The van der Waals surface area contributed by atoms with Gasteiger partial charge in [-0.1, -0.05) is 38.3 Å². The molecular formula is C20H36IN3O3S. The Bertz CT molecular complexity index is 694. The molecular weight excluding hydrogens is 489 g/mol. The minimum absolute atomic E-state index is 0. The van der Waals surface area contributed by atoms with E-state index in [9.17, 15) is 8.42 Å². The highest BCUT2D eigenvalue weighted by atomic mass is 127. The molecule has 0 radical (unpaired) electrons. The summed E-state index contributed by atoms with van der Waals surface area (Å²) in [5, 5.41) is 6.20. The van der Waals surface area contributed by atoms with Crippen molar-refractivity contribution in [2.75, 3.05) is 31.7 Å². The van der Waals surface area contributed by atoms with E-state index in [4.69, 9.17) is 4.74 Å². The van der Waals surface area contributed by atoms with Gasteiger partial charge in [-0.05, 0) is 31.9 Å². The van der Waals surface area contributed by atoms with Crippen LogP contribution in [0.4, 0.5) is 0 Å². The topological polar surface area (TPSA) is 79.8 Å². The Labute approximate surface area is 187 Å². The molecule has 1 aromatic rings. The number of ether oxygens (including phenoxy) is 1. The third-order valence-corrected chi connectivity index (χ3v) is 4.94. The van der Waals surface area contributed by atoms with E-state index in [0.29, 0.717) is 32.2 Å². The number of halogens is 1. The van der Waals surface area contributed by atoms with Gasteiger partial charge in [-0.2, -0.15) is 0 Å². The quantitative estimate of drug-likeness (QED) is 0.189. The molecule has 0 aromatic heterocycles. The van der Waals surface area contributed by atoms with Gasteiger partial charge >= 0.3 is 0 Å². The first-order valence-electron chi connectivity index (χ1n) is 9.78. The summed E-state index contributed by atoms with van der Waals surface area (Å²) in [6, 6.07) is 6.15. The molecule has 28 heavy (non-hydrogen) atoms. The Kier molecular flexibility index (Phi) is 14.3. The fraction of sp³-hybridized carbons (Fsp3) is 0.650. The predicted molar refractivity (Wildman–Crippen MR) is 129 cm³/mol. The van der Waals surface area contributed by atoms with Crippen LogP contribution in [-0.4, -0.2) is 46.1 Å². The van der Waals surface area contributed by atoms with Gasteiger partial charge in [0.15, 0.2) is 5.96 Å². The monoisotopic (exact) mass is 525 g/mol. The number of aryl methyl sites for hydroxylation is 1. The molecule has 0 amide bonds. The highest BCUT2D eigenvalue weighted by Gasteiger charge is 2.06. The van der Waals surface area contributed by atoms with Crippen molar-refractivity contribution in [2.24, 2.45) is 4.99 Å². The number of guanidine groups is 1. The number of hydrogen-bond donors (Lipinski definition) is 2. The van der Waals surface area contributed by atoms with Crippen LogP contribution in [0.2, 0.25) is 0 Å². The van der Waals surface area contributed by atoms with Crippen molar-refractivity contribution in [2.45, 2.75) is 53.0 Å². The first-order valence-corrected chi connectivity index (χ1v) is 11.8. The van der Waals surface area contributed by atoms with Gasteiger partial charge in [0.05, 0.1) is 18.9 Å². The Morgan fingerprint density at radius 2 is 1.89 bits per heavy atom. The number of nitrogens with one attached hydrogen (secondary N) is 2. The molecule has 8 heteroatoms. The lowest BCUT2D eigenvalue weighted by atomic mass is 10.1. The highest BCUT2D eigenvalue weighted by Crippen LogP contribution is 2.21. The lowest BCUT2D eigenvalue weighted by molar-refractivity contribution is 0.302. The average molecular weight is 525 g/mol. The molecule has 1 rings (SSSR count). The van der Waals surface area contributed by atoms with E-state index in [-0.39, 0.29) is 29.7 Å². The van der Waals surface area contributed by atoms with E-state index in [1.54, 1.807) is 0 Å². The summed E-state index contributed by atoms with van der Waals surface area (Å²) < 4.78 is 28.5. The van der Waals surface area contributed by atoms with Gasteiger partial charge in [0.25, 0.3) is 0 Å². The number of benzene rings is 1. The van der Waals surface area contributed by atoms with Gasteiger partial charge in [-0.25, -0.2) is 13.4 Å². The van der Waals surface area contributed by atoms with E-state index >= 15 is 0 Å². The molecule has 0 aliphatic rings. The Balaban J connectivity index is 0.00000729. The van der Waals surface area contributed by atoms with Crippen LogP contribution in [0.5, 0.6) is 5.75 Å². The summed E-state index contributed by atoms with van der Waals surface area (Å²) in [6.45, 7) is 8.45. The van der Waals surface area contributed by atoms with Crippen LogP contribution in [0.1, 0.15) is 50.7 Å². The van der Waals surface area contributed by atoms with E-state index < -0.39 is 9.84 Å². The third-order valence-electron chi connectivity index (χ3n) is 4.00. The van der Waals surface area contributed by atoms with Gasteiger partial charge in [-0.15, -0.1) is 24.0 Å². The molecule has 0 unspecified atom stereocenters.